The van der Waals surface area contributed by atoms with Gasteiger partial charge in [-0.15, -0.1) is 0 Å². The molecule has 0 spiro atoms. The molecule has 1 saturated heterocycles. The van der Waals surface area contributed by atoms with Gasteiger partial charge in [0.05, 0.1) is 13.2 Å². The van der Waals surface area contributed by atoms with Gasteiger partial charge in [-0.05, 0) is 20.8 Å². The third-order valence-corrected chi connectivity index (χ3v) is 2.10. The zero-order valence-corrected chi connectivity index (χ0v) is 9.65. The summed E-state index contributed by atoms with van der Waals surface area (Å²) in [5.41, 5.74) is -1.76. The molecule has 1 unspecified atom stereocenters. The minimum Gasteiger partial charge on any atom is -0.463 e. The highest BCUT2D eigenvalue weighted by molar-refractivity contribution is 6.04. The van der Waals surface area contributed by atoms with Gasteiger partial charge in [0.25, 0.3) is 5.60 Å². The molecule has 0 saturated carbocycles. The van der Waals surface area contributed by atoms with E-state index < -0.39 is 23.8 Å². The van der Waals surface area contributed by atoms with Crippen LogP contribution in [0.3, 0.4) is 0 Å². The zero-order chi connectivity index (χ0) is 12.2. The number of rotatable bonds is 4. The third-order valence-electron chi connectivity index (χ3n) is 2.10. The Morgan fingerprint density at radius 3 is 2.06 bits per heavy atom. The summed E-state index contributed by atoms with van der Waals surface area (Å²) in [6.07, 6.45) is -0.631. The van der Waals surface area contributed by atoms with Gasteiger partial charge in [0, 0.05) is 0 Å². The first-order chi connectivity index (χ1) is 7.56. The summed E-state index contributed by atoms with van der Waals surface area (Å²) in [4.78, 5) is 23.4. The lowest BCUT2D eigenvalue weighted by Crippen LogP contribution is -2.51. The second-order valence-electron chi connectivity index (χ2n) is 3.26. The van der Waals surface area contributed by atoms with E-state index >= 15 is 0 Å². The summed E-state index contributed by atoms with van der Waals surface area (Å²) in [5.74, 6) is -1.53. The van der Waals surface area contributed by atoms with E-state index in [2.05, 4.69) is 0 Å². The highest BCUT2D eigenvalue weighted by Crippen LogP contribution is 2.26. The van der Waals surface area contributed by atoms with E-state index in [1.54, 1.807) is 20.8 Å². The van der Waals surface area contributed by atoms with Crippen LogP contribution in [-0.4, -0.2) is 43.7 Å². The van der Waals surface area contributed by atoms with Crippen molar-refractivity contribution in [3.8, 4) is 0 Å². The fourth-order valence-electron chi connectivity index (χ4n) is 1.38. The number of carbonyl (C=O) groups is 2. The van der Waals surface area contributed by atoms with E-state index in [9.17, 15) is 9.59 Å². The number of esters is 2. The number of hydrogen-bond acceptors (Lipinski definition) is 6. The Bertz CT molecular complexity index is 256. The van der Waals surface area contributed by atoms with Crippen LogP contribution < -0.4 is 0 Å². The molecule has 0 aromatic carbocycles. The predicted molar refractivity (Wildman–Crippen MR) is 52.5 cm³/mol. The van der Waals surface area contributed by atoms with Crippen LogP contribution in [-0.2, 0) is 28.5 Å². The van der Waals surface area contributed by atoms with Crippen molar-refractivity contribution in [2.75, 3.05) is 19.8 Å². The van der Waals surface area contributed by atoms with E-state index in [4.69, 9.17) is 18.9 Å². The molecule has 0 aliphatic carbocycles. The Morgan fingerprint density at radius 1 is 1.25 bits per heavy atom. The summed E-state index contributed by atoms with van der Waals surface area (Å²) in [5, 5.41) is 0. The van der Waals surface area contributed by atoms with Crippen molar-refractivity contribution in [3.05, 3.63) is 0 Å². The quantitative estimate of drug-likeness (QED) is 0.511. The molecule has 6 heteroatoms. The van der Waals surface area contributed by atoms with Crippen molar-refractivity contribution in [1.29, 1.82) is 0 Å². The van der Waals surface area contributed by atoms with E-state index in [1.165, 1.54) is 0 Å². The Hall–Kier alpha value is -1.14. The Balaban J connectivity index is 2.85. The minimum absolute atomic E-state index is 0.164. The highest BCUT2D eigenvalue weighted by atomic mass is 16.8. The van der Waals surface area contributed by atoms with Crippen molar-refractivity contribution in [1.82, 2.24) is 0 Å². The van der Waals surface area contributed by atoms with Crippen molar-refractivity contribution in [3.63, 3.8) is 0 Å². The summed E-state index contributed by atoms with van der Waals surface area (Å²) < 4.78 is 19.9. The average molecular weight is 232 g/mol. The van der Waals surface area contributed by atoms with Crippen LogP contribution in [0.2, 0.25) is 0 Å². The van der Waals surface area contributed by atoms with Gasteiger partial charge in [-0.25, -0.2) is 9.59 Å². The van der Waals surface area contributed by atoms with Gasteiger partial charge in [-0.2, -0.15) is 0 Å². The molecule has 0 amide bonds. The summed E-state index contributed by atoms with van der Waals surface area (Å²) in [7, 11) is 0. The van der Waals surface area contributed by atoms with Crippen LogP contribution in [0.25, 0.3) is 0 Å². The maximum atomic E-state index is 11.7. The van der Waals surface area contributed by atoms with Gasteiger partial charge in [0.1, 0.15) is 6.61 Å². The topological polar surface area (TPSA) is 71.1 Å². The van der Waals surface area contributed by atoms with Crippen LogP contribution >= 0.6 is 0 Å². The molecular formula is C10H16O6. The first-order valence-electron chi connectivity index (χ1n) is 5.20. The smallest absolute Gasteiger partial charge is 0.352 e. The molecular weight excluding hydrogens is 216 g/mol. The maximum absolute atomic E-state index is 11.7. The lowest BCUT2D eigenvalue weighted by Gasteiger charge is -2.22. The largest absolute Gasteiger partial charge is 0.463 e. The van der Waals surface area contributed by atoms with Crippen molar-refractivity contribution in [2.24, 2.45) is 0 Å². The number of carbonyl (C=O) groups excluding carboxylic acids is 2. The predicted octanol–water partition coefficient (Wildman–Crippen LogP) is 0.244. The van der Waals surface area contributed by atoms with Gasteiger partial charge in [0.2, 0.25) is 0 Å². The molecule has 1 aliphatic rings. The molecule has 0 bridgehead atoms. The molecule has 0 aromatic heterocycles. The van der Waals surface area contributed by atoms with Gasteiger partial charge < -0.3 is 18.9 Å². The van der Waals surface area contributed by atoms with Crippen molar-refractivity contribution < 1.29 is 28.5 Å². The molecule has 1 rings (SSSR count). The molecule has 16 heavy (non-hydrogen) atoms. The lowest BCUT2D eigenvalue weighted by molar-refractivity contribution is -0.188. The fraction of sp³-hybridized carbons (Fsp3) is 0.800. The van der Waals surface area contributed by atoms with Gasteiger partial charge in [0.15, 0.2) is 6.29 Å². The molecule has 0 aromatic rings. The van der Waals surface area contributed by atoms with Crippen molar-refractivity contribution >= 4 is 11.9 Å². The van der Waals surface area contributed by atoms with Gasteiger partial charge in [-0.1, -0.05) is 0 Å². The SMILES string of the molecule is CCOC(=O)C1(C(=O)OCC)COC(C)O1. The molecule has 0 radical (unpaired) electrons. The summed E-state index contributed by atoms with van der Waals surface area (Å²) >= 11 is 0. The van der Waals surface area contributed by atoms with Crippen molar-refractivity contribution in [2.45, 2.75) is 32.7 Å². The Kier molecular flexibility index (Phi) is 4.26. The van der Waals surface area contributed by atoms with Crippen LogP contribution in [0.5, 0.6) is 0 Å². The second-order valence-corrected chi connectivity index (χ2v) is 3.26. The van der Waals surface area contributed by atoms with E-state index in [-0.39, 0.29) is 19.8 Å². The van der Waals surface area contributed by atoms with Crippen LogP contribution in [0.1, 0.15) is 20.8 Å². The fourth-order valence-corrected chi connectivity index (χ4v) is 1.38. The maximum Gasteiger partial charge on any atom is 0.352 e. The van der Waals surface area contributed by atoms with E-state index in [1.807, 2.05) is 0 Å². The minimum atomic E-state index is -1.76. The molecule has 1 aliphatic heterocycles. The second kappa shape index (κ2) is 5.27. The average Bonchev–Trinajstić information content (AvgIpc) is 2.63. The van der Waals surface area contributed by atoms with Crippen LogP contribution in [0, 0.1) is 0 Å². The molecule has 1 fully saturated rings. The highest BCUT2D eigenvalue weighted by Gasteiger charge is 2.56. The van der Waals surface area contributed by atoms with E-state index in [0.717, 1.165) is 0 Å². The lowest BCUT2D eigenvalue weighted by atomic mass is 10.1. The third kappa shape index (κ3) is 2.33. The van der Waals surface area contributed by atoms with Gasteiger partial charge in [-0.3, -0.25) is 0 Å². The molecule has 1 heterocycles. The molecule has 6 nitrogen and oxygen atoms in total. The molecule has 92 valence electrons. The summed E-state index contributed by atoms with van der Waals surface area (Å²) in [6.45, 7) is 5.05. The van der Waals surface area contributed by atoms with Gasteiger partial charge >= 0.3 is 11.9 Å². The monoisotopic (exact) mass is 232 g/mol. The van der Waals surface area contributed by atoms with E-state index in [0.29, 0.717) is 0 Å². The molecule has 0 N–H and O–H groups in total. The standard InChI is InChI=1S/C10H16O6/c1-4-13-8(11)10(9(12)14-5-2)6-15-7(3)16-10/h7H,4-6H2,1-3H3. The van der Waals surface area contributed by atoms with Crippen LogP contribution in [0.4, 0.5) is 0 Å². The molecule has 1 atom stereocenters. The summed E-state index contributed by atoms with van der Waals surface area (Å²) in [6, 6.07) is 0. The Morgan fingerprint density at radius 2 is 1.75 bits per heavy atom. The first-order valence-corrected chi connectivity index (χ1v) is 5.20. The van der Waals surface area contributed by atoms with Crippen LogP contribution in [0.15, 0.2) is 0 Å². The first kappa shape index (κ1) is 12.9. The zero-order valence-electron chi connectivity index (χ0n) is 9.65. The Labute approximate surface area is 93.8 Å². The normalized spacial score (nSPS) is 22.8. The number of hydrogen-bond donors (Lipinski definition) is 0. The number of ether oxygens (including phenoxy) is 4.